The summed E-state index contributed by atoms with van der Waals surface area (Å²) in [5.74, 6) is -1.01. The van der Waals surface area contributed by atoms with Crippen LogP contribution in [0, 0.1) is 0 Å². The van der Waals surface area contributed by atoms with E-state index in [1.165, 1.54) is 0 Å². The normalized spacial score (nSPS) is 19.8. The first-order chi connectivity index (χ1) is 7.60. The van der Waals surface area contributed by atoms with Gasteiger partial charge in [-0.1, -0.05) is 25.7 Å². The molecule has 0 aliphatic heterocycles. The molecule has 3 N–H and O–H groups in total. The standard InChI is InChI=1S/C11H20N2O3/c1-12-9(14)8-13-11(10(15)16)6-4-2-3-5-7-11/h13H,2-8H2,1H3,(H,12,14)(H,15,16). The van der Waals surface area contributed by atoms with E-state index in [2.05, 4.69) is 10.6 Å². The minimum atomic E-state index is -0.900. The Morgan fingerprint density at radius 2 is 1.75 bits per heavy atom. The minimum absolute atomic E-state index is 0.0722. The highest BCUT2D eigenvalue weighted by molar-refractivity contribution is 5.82. The molecular weight excluding hydrogens is 208 g/mol. The maximum absolute atomic E-state index is 11.3. The molecule has 0 heterocycles. The van der Waals surface area contributed by atoms with E-state index in [4.69, 9.17) is 0 Å². The molecule has 1 rings (SSSR count). The molecule has 5 heteroatoms. The van der Waals surface area contributed by atoms with Crippen molar-refractivity contribution in [2.24, 2.45) is 0 Å². The van der Waals surface area contributed by atoms with Gasteiger partial charge < -0.3 is 10.4 Å². The molecule has 0 unspecified atom stereocenters. The Hall–Kier alpha value is -1.10. The zero-order valence-electron chi connectivity index (χ0n) is 9.71. The molecule has 1 saturated carbocycles. The van der Waals surface area contributed by atoms with E-state index in [0.717, 1.165) is 25.7 Å². The molecule has 0 spiro atoms. The smallest absolute Gasteiger partial charge is 0.323 e. The molecule has 0 aromatic carbocycles. The van der Waals surface area contributed by atoms with Gasteiger partial charge in [0.2, 0.25) is 5.91 Å². The van der Waals surface area contributed by atoms with Crippen LogP contribution in [-0.4, -0.2) is 36.1 Å². The van der Waals surface area contributed by atoms with Gasteiger partial charge in [-0.2, -0.15) is 0 Å². The Labute approximate surface area is 95.6 Å². The third-order valence-electron chi connectivity index (χ3n) is 3.23. The molecule has 0 radical (unpaired) electrons. The van der Waals surface area contributed by atoms with Crippen molar-refractivity contribution < 1.29 is 14.7 Å². The van der Waals surface area contributed by atoms with Crippen LogP contribution in [-0.2, 0) is 9.59 Å². The first-order valence-electron chi connectivity index (χ1n) is 5.80. The number of likely N-dealkylation sites (N-methyl/N-ethyl adjacent to an activating group) is 1. The maximum Gasteiger partial charge on any atom is 0.323 e. The van der Waals surface area contributed by atoms with Crippen LogP contribution in [0.25, 0.3) is 0 Å². The zero-order valence-corrected chi connectivity index (χ0v) is 9.71. The SMILES string of the molecule is CNC(=O)CNC1(C(=O)O)CCCCCC1. The molecule has 1 aliphatic carbocycles. The van der Waals surface area contributed by atoms with Crippen LogP contribution >= 0.6 is 0 Å². The van der Waals surface area contributed by atoms with Crippen molar-refractivity contribution in [3.8, 4) is 0 Å². The third-order valence-corrected chi connectivity index (χ3v) is 3.23. The molecular formula is C11H20N2O3. The van der Waals surface area contributed by atoms with E-state index in [-0.39, 0.29) is 12.5 Å². The summed E-state index contributed by atoms with van der Waals surface area (Å²) in [5.41, 5.74) is -0.900. The molecule has 0 aromatic rings. The molecule has 0 bridgehead atoms. The predicted molar refractivity (Wildman–Crippen MR) is 60.1 cm³/mol. The van der Waals surface area contributed by atoms with E-state index < -0.39 is 11.5 Å². The fraction of sp³-hybridized carbons (Fsp3) is 0.818. The minimum Gasteiger partial charge on any atom is -0.480 e. The average molecular weight is 228 g/mol. The molecule has 1 aliphatic rings. The largest absolute Gasteiger partial charge is 0.480 e. The summed E-state index contributed by atoms with van der Waals surface area (Å²) in [6, 6.07) is 0. The molecule has 0 saturated heterocycles. The van der Waals surface area contributed by atoms with E-state index >= 15 is 0 Å². The summed E-state index contributed by atoms with van der Waals surface area (Å²) in [7, 11) is 1.55. The van der Waals surface area contributed by atoms with Crippen LogP contribution in [0.2, 0.25) is 0 Å². The number of amides is 1. The van der Waals surface area contributed by atoms with Crippen molar-refractivity contribution in [2.75, 3.05) is 13.6 Å². The lowest BCUT2D eigenvalue weighted by Crippen LogP contribution is -2.54. The van der Waals surface area contributed by atoms with Crippen LogP contribution < -0.4 is 10.6 Å². The summed E-state index contributed by atoms with van der Waals surface area (Å²) >= 11 is 0. The van der Waals surface area contributed by atoms with Gasteiger partial charge in [-0.05, 0) is 12.8 Å². The number of hydrogen-bond acceptors (Lipinski definition) is 3. The fourth-order valence-corrected chi connectivity index (χ4v) is 2.14. The van der Waals surface area contributed by atoms with Crippen molar-refractivity contribution >= 4 is 11.9 Å². The summed E-state index contributed by atoms with van der Waals surface area (Å²) in [6.07, 6.45) is 5.20. The first-order valence-corrected chi connectivity index (χ1v) is 5.80. The lowest BCUT2D eigenvalue weighted by atomic mass is 9.90. The lowest BCUT2D eigenvalue weighted by molar-refractivity contribution is -0.145. The monoisotopic (exact) mass is 228 g/mol. The Bertz CT molecular complexity index is 258. The van der Waals surface area contributed by atoms with Gasteiger partial charge in [0, 0.05) is 7.05 Å². The number of carboxylic acids is 1. The summed E-state index contributed by atoms with van der Waals surface area (Å²) < 4.78 is 0. The van der Waals surface area contributed by atoms with Gasteiger partial charge in [0.05, 0.1) is 6.54 Å². The second-order valence-electron chi connectivity index (χ2n) is 4.33. The highest BCUT2D eigenvalue weighted by atomic mass is 16.4. The van der Waals surface area contributed by atoms with Crippen molar-refractivity contribution in [2.45, 2.75) is 44.1 Å². The van der Waals surface area contributed by atoms with Crippen molar-refractivity contribution in [3.63, 3.8) is 0 Å². The molecule has 5 nitrogen and oxygen atoms in total. The number of carbonyl (C=O) groups excluding carboxylic acids is 1. The van der Waals surface area contributed by atoms with E-state index in [1.54, 1.807) is 7.05 Å². The van der Waals surface area contributed by atoms with Gasteiger partial charge in [-0.3, -0.25) is 14.9 Å². The van der Waals surface area contributed by atoms with E-state index in [0.29, 0.717) is 12.8 Å². The van der Waals surface area contributed by atoms with Gasteiger partial charge in [-0.15, -0.1) is 0 Å². The van der Waals surface area contributed by atoms with Crippen LogP contribution in [0.3, 0.4) is 0 Å². The highest BCUT2D eigenvalue weighted by Crippen LogP contribution is 2.27. The lowest BCUT2D eigenvalue weighted by Gasteiger charge is -2.29. The molecule has 0 aromatic heterocycles. The number of carbonyl (C=O) groups is 2. The maximum atomic E-state index is 11.3. The van der Waals surface area contributed by atoms with Crippen molar-refractivity contribution in [1.82, 2.24) is 10.6 Å². The first kappa shape index (κ1) is 13.0. The fourth-order valence-electron chi connectivity index (χ4n) is 2.14. The zero-order chi connectivity index (χ0) is 12.0. The molecule has 1 fully saturated rings. The topological polar surface area (TPSA) is 78.4 Å². The molecule has 1 amide bonds. The second-order valence-corrected chi connectivity index (χ2v) is 4.33. The van der Waals surface area contributed by atoms with Crippen LogP contribution in [0.1, 0.15) is 38.5 Å². The van der Waals surface area contributed by atoms with Gasteiger partial charge in [0.25, 0.3) is 0 Å². The van der Waals surface area contributed by atoms with Crippen LogP contribution in [0.15, 0.2) is 0 Å². The quantitative estimate of drug-likeness (QED) is 0.612. The third kappa shape index (κ3) is 3.20. The summed E-state index contributed by atoms with van der Waals surface area (Å²) in [4.78, 5) is 22.5. The Morgan fingerprint density at radius 3 is 2.19 bits per heavy atom. The Balaban J connectivity index is 2.63. The Morgan fingerprint density at radius 1 is 1.19 bits per heavy atom. The van der Waals surface area contributed by atoms with Crippen LogP contribution in [0.5, 0.6) is 0 Å². The van der Waals surface area contributed by atoms with Gasteiger partial charge in [0.1, 0.15) is 5.54 Å². The van der Waals surface area contributed by atoms with Gasteiger partial charge in [0.15, 0.2) is 0 Å². The average Bonchev–Trinajstić information content (AvgIpc) is 2.52. The Kier molecular flexibility index (Phi) is 4.73. The van der Waals surface area contributed by atoms with E-state index in [9.17, 15) is 14.7 Å². The number of carboxylic acid groups (broad SMARTS) is 1. The van der Waals surface area contributed by atoms with E-state index in [1.807, 2.05) is 0 Å². The van der Waals surface area contributed by atoms with Crippen molar-refractivity contribution in [3.05, 3.63) is 0 Å². The number of rotatable bonds is 4. The number of hydrogen-bond donors (Lipinski definition) is 3. The van der Waals surface area contributed by atoms with Crippen molar-refractivity contribution in [1.29, 1.82) is 0 Å². The highest BCUT2D eigenvalue weighted by Gasteiger charge is 2.38. The summed E-state index contributed by atoms with van der Waals surface area (Å²) in [5, 5.41) is 14.7. The molecule has 0 atom stereocenters. The second kappa shape index (κ2) is 5.84. The molecule has 16 heavy (non-hydrogen) atoms. The number of nitrogens with one attached hydrogen (secondary N) is 2. The van der Waals surface area contributed by atoms with Gasteiger partial charge in [-0.25, -0.2) is 0 Å². The summed E-state index contributed by atoms with van der Waals surface area (Å²) in [6.45, 7) is 0.0722. The van der Waals surface area contributed by atoms with Crippen LogP contribution in [0.4, 0.5) is 0 Å². The predicted octanol–water partition coefficient (Wildman–Crippen LogP) is 0.500. The van der Waals surface area contributed by atoms with Gasteiger partial charge >= 0.3 is 5.97 Å². The number of aliphatic carboxylic acids is 1. The molecule has 92 valence electrons.